The summed E-state index contributed by atoms with van der Waals surface area (Å²) < 4.78 is 6.03. The van der Waals surface area contributed by atoms with E-state index < -0.39 is 12.1 Å². The van der Waals surface area contributed by atoms with Gasteiger partial charge < -0.3 is 25.3 Å². The molecule has 9 nitrogen and oxygen atoms in total. The number of benzene rings is 2. The molecule has 4 rings (SSSR count). The number of rotatable bonds is 8. The number of nitrogens with one attached hydrogen (secondary N) is 2. The molecule has 0 fully saturated rings. The van der Waals surface area contributed by atoms with Crippen LogP contribution < -0.4 is 10.6 Å². The van der Waals surface area contributed by atoms with Gasteiger partial charge in [-0.2, -0.15) is 0 Å². The van der Waals surface area contributed by atoms with E-state index in [2.05, 4.69) is 36.7 Å². The predicted molar refractivity (Wildman–Crippen MR) is 130 cm³/mol. The molecule has 1 aliphatic heterocycles. The summed E-state index contributed by atoms with van der Waals surface area (Å²) in [6.45, 7) is 0.251. The van der Waals surface area contributed by atoms with Crippen molar-refractivity contribution in [1.29, 1.82) is 0 Å². The Bertz CT molecular complexity index is 1200. The van der Waals surface area contributed by atoms with E-state index in [1.54, 1.807) is 18.3 Å². The molecule has 3 N–H and O–H groups in total. The van der Waals surface area contributed by atoms with Gasteiger partial charge >= 0.3 is 6.09 Å². The minimum absolute atomic E-state index is 0.0124. The standard InChI is InChI=1S/C24H23BrN4O5/c25-22-11-19(34-29-22)13-27-23(31)21(10-15-5-7-18(30)8-6-15)28-24(32)33-14-16-9-17-3-1-2-4-20(17)26-12-16/h1-9,12,19,21,30H,10-11,13-14H2,(H,27,31)(H,28,32)/t19-,21?/m1/s1. The van der Waals surface area contributed by atoms with Crippen molar-refractivity contribution in [2.24, 2.45) is 5.16 Å². The zero-order valence-electron chi connectivity index (χ0n) is 18.1. The highest BCUT2D eigenvalue weighted by atomic mass is 79.9. The summed E-state index contributed by atoms with van der Waals surface area (Å²) in [5.41, 5.74) is 2.35. The van der Waals surface area contributed by atoms with E-state index in [4.69, 9.17) is 9.57 Å². The number of hydrogen-bond acceptors (Lipinski definition) is 7. The second kappa shape index (κ2) is 11.0. The molecule has 0 saturated carbocycles. The fraction of sp³-hybridized carbons (Fsp3) is 0.250. The number of phenolic OH excluding ortho intramolecular Hbond substituents is 1. The average molecular weight is 527 g/mol. The smallest absolute Gasteiger partial charge is 0.408 e. The topological polar surface area (TPSA) is 122 Å². The number of para-hydroxylation sites is 1. The number of halogens is 1. The van der Waals surface area contributed by atoms with Gasteiger partial charge in [0.1, 0.15) is 23.0 Å². The summed E-state index contributed by atoms with van der Waals surface area (Å²) >= 11 is 3.26. The number of carbonyl (C=O) groups excluding carboxylic acids is 2. The molecule has 176 valence electrons. The van der Waals surface area contributed by atoms with Gasteiger partial charge in [0.25, 0.3) is 0 Å². The number of amides is 2. The highest BCUT2D eigenvalue weighted by Gasteiger charge is 2.25. The predicted octanol–water partition coefficient (Wildman–Crippen LogP) is 3.39. The molecular weight excluding hydrogens is 504 g/mol. The van der Waals surface area contributed by atoms with Crippen LogP contribution in [0.3, 0.4) is 0 Å². The van der Waals surface area contributed by atoms with Crippen molar-refractivity contribution in [3.05, 3.63) is 71.9 Å². The Morgan fingerprint density at radius 1 is 1.18 bits per heavy atom. The lowest BCUT2D eigenvalue weighted by Crippen LogP contribution is -2.49. The van der Waals surface area contributed by atoms with Crippen LogP contribution in [0.25, 0.3) is 10.9 Å². The maximum absolute atomic E-state index is 12.9. The van der Waals surface area contributed by atoms with Crippen LogP contribution in [0.4, 0.5) is 4.79 Å². The van der Waals surface area contributed by atoms with E-state index >= 15 is 0 Å². The third-order valence-electron chi connectivity index (χ3n) is 5.20. The molecule has 2 heterocycles. The Balaban J connectivity index is 1.36. The van der Waals surface area contributed by atoms with Gasteiger partial charge in [-0.1, -0.05) is 35.5 Å². The van der Waals surface area contributed by atoms with Crippen LogP contribution in [-0.4, -0.2) is 45.4 Å². The lowest BCUT2D eigenvalue weighted by atomic mass is 10.0. The van der Waals surface area contributed by atoms with Crippen molar-refractivity contribution in [3.8, 4) is 5.75 Å². The monoisotopic (exact) mass is 526 g/mol. The molecule has 10 heteroatoms. The van der Waals surface area contributed by atoms with E-state index in [0.717, 1.165) is 22.0 Å². The Kier molecular flexibility index (Phi) is 7.58. The van der Waals surface area contributed by atoms with Crippen molar-refractivity contribution in [2.75, 3.05) is 6.54 Å². The summed E-state index contributed by atoms with van der Waals surface area (Å²) in [6.07, 6.45) is 1.41. The van der Waals surface area contributed by atoms with Crippen LogP contribution in [0.1, 0.15) is 17.5 Å². The van der Waals surface area contributed by atoms with Crippen molar-refractivity contribution in [3.63, 3.8) is 0 Å². The lowest BCUT2D eigenvalue weighted by Gasteiger charge is -2.19. The fourth-order valence-electron chi connectivity index (χ4n) is 3.45. The first-order valence-corrected chi connectivity index (χ1v) is 11.5. The summed E-state index contributed by atoms with van der Waals surface area (Å²) in [7, 11) is 0. The number of hydrogen-bond donors (Lipinski definition) is 3. The summed E-state index contributed by atoms with van der Waals surface area (Å²) in [4.78, 5) is 34.9. The molecule has 2 amide bonds. The van der Waals surface area contributed by atoms with Crippen LogP contribution in [-0.2, 0) is 27.4 Å². The molecule has 3 aromatic rings. The molecule has 2 atom stereocenters. The number of pyridine rings is 1. The number of phenols is 1. The third kappa shape index (κ3) is 6.44. The third-order valence-corrected chi connectivity index (χ3v) is 5.67. The molecule has 0 spiro atoms. The van der Waals surface area contributed by atoms with Gasteiger partial charge in [0.05, 0.1) is 12.1 Å². The summed E-state index contributed by atoms with van der Waals surface area (Å²) in [5.74, 6) is -0.269. The molecule has 0 saturated heterocycles. The molecule has 0 bridgehead atoms. The van der Waals surface area contributed by atoms with Crippen molar-refractivity contribution >= 4 is 43.5 Å². The number of carbonyl (C=O) groups is 2. The first-order valence-electron chi connectivity index (χ1n) is 10.7. The maximum Gasteiger partial charge on any atom is 0.408 e. The highest BCUT2D eigenvalue weighted by molar-refractivity contribution is 9.18. The zero-order valence-corrected chi connectivity index (χ0v) is 19.7. The minimum Gasteiger partial charge on any atom is -0.508 e. The largest absolute Gasteiger partial charge is 0.508 e. The molecule has 1 aromatic heterocycles. The molecule has 0 aliphatic carbocycles. The van der Waals surface area contributed by atoms with E-state index in [-0.39, 0.29) is 37.3 Å². The second-order valence-electron chi connectivity index (χ2n) is 7.82. The van der Waals surface area contributed by atoms with E-state index in [9.17, 15) is 14.7 Å². The molecular formula is C24H23BrN4O5. The second-order valence-corrected chi connectivity index (χ2v) is 8.74. The number of alkyl carbamates (subject to hydrolysis) is 1. The Hall–Kier alpha value is -3.66. The van der Waals surface area contributed by atoms with Crippen LogP contribution in [0.2, 0.25) is 0 Å². The number of aromatic nitrogens is 1. The highest BCUT2D eigenvalue weighted by Crippen LogP contribution is 2.15. The zero-order chi connectivity index (χ0) is 23.9. The number of aromatic hydroxyl groups is 1. The molecule has 0 radical (unpaired) electrons. The molecule has 2 aromatic carbocycles. The van der Waals surface area contributed by atoms with Gasteiger partial charge in [0.2, 0.25) is 5.91 Å². The quantitative estimate of drug-likeness (QED) is 0.413. The van der Waals surface area contributed by atoms with E-state index in [1.165, 1.54) is 12.1 Å². The maximum atomic E-state index is 12.9. The Morgan fingerprint density at radius 3 is 2.74 bits per heavy atom. The van der Waals surface area contributed by atoms with E-state index in [1.807, 2.05) is 30.3 Å². The van der Waals surface area contributed by atoms with Crippen LogP contribution >= 0.6 is 15.9 Å². The van der Waals surface area contributed by atoms with Crippen LogP contribution in [0.5, 0.6) is 5.75 Å². The van der Waals surface area contributed by atoms with Gasteiger partial charge in [0, 0.05) is 30.0 Å². The van der Waals surface area contributed by atoms with Crippen LogP contribution in [0, 0.1) is 0 Å². The van der Waals surface area contributed by atoms with Crippen molar-refractivity contribution in [2.45, 2.75) is 31.6 Å². The molecule has 1 aliphatic rings. The molecule has 34 heavy (non-hydrogen) atoms. The first kappa shape index (κ1) is 23.5. The van der Waals surface area contributed by atoms with Gasteiger partial charge in [-0.15, -0.1) is 0 Å². The Morgan fingerprint density at radius 2 is 1.97 bits per heavy atom. The van der Waals surface area contributed by atoms with Crippen LogP contribution in [0.15, 0.2) is 65.9 Å². The normalized spacial score (nSPS) is 15.8. The summed E-state index contributed by atoms with van der Waals surface area (Å²) in [6, 6.07) is 15.1. The van der Waals surface area contributed by atoms with Gasteiger partial charge in [0.15, 0.2) is 6.10 Å². The fourth-order valence-corrected chi connectivity index (χ4v) is 3.89. The molecule has 1 unspecified atom stereocenters. The number of oxime groups is 1. The average Bonchev–Trinajstić information content (AvgIpc) is 3.27. The van der Waals surface area contributed by atoms with Crippen molar-refractivity contribution < 1.29 is 24.3 Å². The van der Waals surface area contributed by atoms with Crippen molar-refractivity contribution in [1.82, 2.24) is 15.6 Å². The minimum atomic E-state index is -0.891. The lowest BCUT2D eigenvalue weighted by molar-refractivity contribution is -0.123. The van der Waals surface area contributed by atoms with Gasteiger partial charge in [-0.25, -0.2) is 4.79 Å². The number of nitrogens with zero attached hydrogens (tertiary/aromatic N) is 2. The number of ether oxygens (including phenoxy) is 1. The SMILES string of the molecule is O=C(NC(Cc1ccc(O)cc1)C(=O)NC[C@H]1CC(Br)=NO1)OCc1cnc2ccccc2c1. The number of fused-ring (bicyclic) bond motifs is 1. The first-order chi connectivity index (χ1) is 16.5. The van der Waals surface area contributed by atoms with Gasteiger partial charge in [-0.3, -0.25) is 9.78 Å². The van der Waals surface area contributed by atoms with Gasteiger partial charge in [-0.05, 0) is 45.8 Å². The van der Waals surface area contributed by atoms with E-state index in [0.29, 0.717) is 11.0 Å². The Labute approximate surface area is 204 Å². The summed E-state index contributed by atoms with van der Waals surface area (Å²) in [5, 5.41) is 19.7.